The van der Waals surface area contributed by atoms with Crippen molar-refractivity contribution in [1.82, 2.24) is 0 Å². The molecule has 0 unspecified atom stereocenters. The summed E-state index contributed by atoms with van der Waals surface area (Å²) in [5, 5.41) is 20.6. The number of halogens is 1. The van der Waals surface area contributed by atoms with E-state index in [-0.39, 0.29) is 11.4 Å². The van der Waals surface area contributed by atoms with Gasteiger partial charge in [0.2, 0.25) is 0 Å². The number of hydrogen-bond acceptors (Lipinski definition) is 3. The fourth-order valence-corrected chi connectivity index (χ4v) is 1.27. The minimum Gasteiger partial charge on any atom is -0.630 e. The third-order valence-corrected chi connectivity index (χ3v) is 1.71. The number of nitrogens with zero attached hydrogens (tertiary/aromatic N) is 1. The van der Waals surface area contributed by atoms with Gasteiger partial charge < -0.3 is 10.7 Å². The number of quaternary nitrogens is 1. The van der Waals surface area contributed by atoms with Gasteiger partial charge >= 0.3 is 0 Å². The first-order valence-corrected chi connectivity index (χ1v) is 3.83. The zero-order chi connectivity index (χ0) is 9.14. The van der Waals surface area contributed by atoms with E-state index in [4.69, 9.17) is 0 Å². The molecular weight excluding hydrogens is 228 g/mol. The average Bonchev–Trinajstić information content (AvgIpc) is 2.03. The Morgan fingerprint density at radius 1 is 1.42 bits per heavy atom. The minimum absolute atomic E-state index is 0.0912. The smallest absolute Gasteiger partial charge is 0.276 e. The molecule has 0 heterocycles. The van der Waals surface area contributed by atoms with Crippen LogP contribution in [0.3, 0.4) is 0 Å². The van der Waals surface area contributed by atoms with Crippen molar-refractivity contribution >= 4 is 27.3 Å². The van der Waals surface area contributed by atoms with Crippen molar-refractivity contribution in [1.29, 1.82) is 0 Å². The molecule has 0 aliphatic heterocycles. The first-order valence-electron chi connectivity index (χ1n) is 3.03. The molecule has 0 bridgehead atoms. The van der Waals surface area contributed by atoms with E-state index in [0.29, 0.717) is 9.95 Å². The van der Waals surface area contributed by atoms with E-state index in [1.807, 2.05) is 0 Å². The summed E-state index contributed by atoms with van der Waals surface area (Å²) in [6.45, 7) is 0. The van der Waals surface area contributed by atoms with E-state index in [1.165, 1.54) is 18.2 Å². The molecule has 0 fully saturated rings. The number of rotatable bonds is 2. The monoisotopic (exact) mass is 232 g/mol. The lowest BCUT2D eigenvalue weighted by Crippen LogP contribution is -2.70. The summed E-state index contributed by atoms with van der Waals surface area (Å²) < 4.78 is 0.527. The van der Waals surface area contributed by atoms with Gasteiger partial charge in [0.15, 0.2) is 0 Å². The van der Waals surface area contributed by atoms with Crippen LogP contribution >= 0.6 is 15.9 Å². The van der Waals surface area contributed by atoms with Crippen molar-refractivity contribution < 1.29 is 10.4 Å². The molecular formula is C6H5BrN2O3. The maximum absolute atomic E-state index is 10.3. The second-order valence-electron chi connectivity index (χ2n) is 2.12. The predicted molar refractivity (Wildman–Crippen MR) is 45.7 cm³/mol. The highest BCUT2D eigenvalue weighted by atomic mass is 79.9. The highest BCUT2D eigenvalue weighted by molar-refractivity contribution is 9.10. The molecule has 1 rings (SSSR count). The van der Waals surface area contributed by atoms with Crippen LogP contribution in [0.25, 0.3) is 0 Å². The van der Waals surface area contributed by atoms with Gasteiger partial charge in [-0.1, -0.05) is 15.9 Å². The Balaban J connectivity index is 3.15. The standard InChI is InChI=1S/C6H5BrN2O3/c7-4-1-5(8-10)3-6(2-4)9(11)12/h1-3H,8H2. The summed E-state index contributed by atoms with van der Waals surface area (Å²) in [5.41, 5.74) is 0.764. The van der Waals surface area contributed by atoms with Crippen LogP contribution in [-0.4, -0.2) is 4.92 Å². The fourth-order valence-electron chi connectivity index (χ4n) is 0.770. The van der Waals surface area contributed by atoms with Crippen molar-refractivity contribution in [3.63, 3.8) is 0 Å². The molecule has 1 aromatic carbocycles. The molecule has 1 aromatic rings. The lowest BCUT2D eigenvalue weighted by Gasteiger charge is -2.00. The van der Waals surface area contributed by atoms with Gasteiger partial charge in [-0.25, -0.2) is 0 Å². The van der Waals surface area contributed by atoms with Gasteiger partial charge in [0.1, 0.15) is 5.69 Å². The van der Waals surface area contributed by atoms with E-state index >= 15 is 0 Å². The van der Waals surface area contributed by atoms with Crippen molar-refractivity contribution in [2.45, 2.75) is 0 Å². The first-order chi connectivity index (χ1) is 5.63. The SMILES string of the molecule is O=[N+]([O-])c1cc(Br)cc([NH2+][O-])c1. The van der Waals surface area contributed by atoms with Gasteiger partial charge in [0.25, 0.3) is 5.69 Å². The summed E-state index contributed by atoms with van der Waals surface area (Å²) in [4.78, 5) is 9.75. The van der Waals surface area contributed by atoms with Crippen molar-refractivity contribution in [3.05, 3.63) is 38.0 Å². The molecule has 12 heavy (non-hydrogen) atoms. The van der Waals surface area contributed by atoms with Gasteiger partial charge in [-0.15, -0.1) is 0 Å². The normalized spacial score (nSPS) is 9.83. The number of nitrogens with two attached hydrogens (primary N) is 1. The Labute approximate surface area is 76.3 Å². The third kappa shape index (κ3) is 2.00. The highest BCUT2D eigenvalue weighted by Crippen LogP contribution is 2.21. The number of benzene rings is 1. The second-order valence-corrected chi connectivity index (χ2v) is 3.03. The van der Waals surface area contributed by atoms with Crippen LogP contribution in [0.4, 0.5) is 11.4 Å². The van der Waals surface area contributed by atoms with Crippen LogP contribution in [0.5, 0.6) is 0 Å². The Kier molecular flexibility index (Phi) is 2.74. The lowest BCUT2D eigenvalue weighted by atomic mass is 10.3. The van der Waals surface area contributed by atoms with Crippen LogP contribution in [0.2, 0.25) is 0 Å². The number of nitro benzene ring substituents is 1. The van der Waals surface area contributed by atoms with E-state index in [1.54, 1.807) is 0 Å². The maximum atomic E-state index is 10.3. The van der Waals surface area contributed by atoms with Crippen LogP contribution < -0.4 is 5.48 Å². The summed E-state index contributed by atoms with van der Waals surface area (Å²) in [6, 6.07) is 4.07. The molecule has 6 heteroatoms. The van der Waals surface area contributed by atoms with Gasteiger partial charge in [0, 0.05) is 16.6 Å². The molecule has 5 nitrogen and oxygen atoms in total. The summed E-state index contributed by atoms with van der Waals surface area (Å²) in [7, 11) is 0. The van der Waals surface area contributed by atoms with Crippen LogP contribution in [0.15, 0.2) is 22.7 Å². The van der Waals surface area contributed by atoms with E-state index in [9.17, 15) is 15.3 Å². The Morgan fingerprint density at radius 2 is 2.08 bits per heavy atom. The van der Waals surface area contributed by atoms with Crippen molar-refractivity contribution in [2.24, 2.45) is 0 Å². The molecule has 0 radical (unpaired) electrons. The molecule has 0 saturated heterocycles. The molecule has 64 valence electrons. The zero-order valence-electron chi connectivity index (χ0n) is 5.86. The zero-order valence-corrected chi connectivity index (χ0v) is 7.45. The second kappa shape index (κ2) is 3.61. The van der Waals surface area contributed by atoms with Crippen LogP contribution in [-0.2, 0) is 0 Å². The Morgan fingerprint density at radius 3 is 2.58 bits per heavy atom. The third-order valence-electron chi connectivity index (χ3n) is 1.25. The largest absolute Gasteiger partial charge is 0.630 e. The fraction of sp³-hybridized carbons (Fsp3) is 0. The number of non-ortho nitro benzene ring substituents is 1. The quantitative estimate of drug-likeness (QED) is 0.470. The van der Waals surface area contributed by atoms with Gasteiger partial charge in [-0.3, -0.25) is 10.1 Å². The highest BCUT2D eigenvalue weighted by Gasteiger charge is 2.08. The predicted octanol–water partition coefficient (Wildman–Crippen LogP) is 1.05. The van der Waals surface area contributed by atoms with Gasteiger partial charge in [-0.2, -0.15) is 0 Å². The number of nitro groups is 1. The first kappa shape index (κ1) is 9.11. The van der Waals surface area contributed by atoms with Crippen molar-refractivity contribution in [3.8, 4) is 0 Å². The van der Waals surface area contributed by atoms with E-state index in [0.717, 1.165) is 0 Å². The minimum atomic E-state index is -0.544. The topological polar surface area (TPSA) is 82.8 Å². The van der Waals surface area contributed by atoms with Crippen LogP contribution in [0.1, 0.15) is 0 Å². The summed E-state index contributed by atoms with van der Waals surface area (Å²) in [6.07, 6.45) is 0. The lowest BCUT2D eigenvalue weighted by molar-refractivity contribution is -0.497. The maximum Gasteiger partial charge on any atom is 0.276 e. The van der Waals surface area contributed by atoms with Gasteiger partial charge in [-0.05, 0) is 0 Å². The van der Waals surface area contributed by atoms with Crippen LogP contribution in [0, 0.1) is 15.3 Å². The van der Waals surface area contributed by atoms with E-state index in [2.05, 4.69) is 15.9 Å². The molecule has 0 amide bonds. The van der Waals surface area contributed by atoms with Crippen molar-refractivity contribution in [2.75, 3.05) is 0 Å². The molecule has 0 saturated carbocycles. The number of hydrogen-bond donors (Lipinski definition) is 1. The van der Waals surface area contributed by atoms with Gasteiger partial charge in [0.05, 0.1) is 11.0 Å². The molecule has 0 aliphatic rings. The molecule has 0 atom stereocenters. The summed E-state index contributed by atoms with van der Waals surface area (Å²) >= 11 is 3.06. The molecule has 0 aliphatic carbocycles. The summed E-state index contributed by atoms with van der Waals surface area (Å²) in [5.74, 6) is 0. The molecule has 0 spiro atoms. The van der Waals surface area contributed by atoms with E-state index < -0.39 is 4.92 Å². The Hall–Kier alpha value is -0.980. The molecule has 2 N–H and O–H groups in total. The Bertz CT molecular complexity index is 316. The molecule has 0 aromatic heterocycles. The average molecular weight is 233 g/mol.